The first kappa shape index (κ1) is 12.1. The Morgan fingerprint density at radius 3 is 2.71 bits per heavy atom. The molecule has 1 saturated carbocycles. The zero-order valence-corrected chi connectivity index (χ0v) is 10.5. The van der Waals surface area contributed by atoms with Crippen molar-refractivity contribution in [3.63, 3.8) is 0 Å². The SMILES string of the molecule is Cc1noc(C)c1CNC(=O)C(C)(N)C1CC1. The third-order valence-corrected chi connectivity index (χ3v) is 3.52. The summed E-state index contributed by atoms with van der Waals surface area (Å²) in [5.74, 6) is 0.972. The minimum Gasteiger partial charge on any atom is -0.361 e. The molecule has 17 heavy (non-hydrogen) atoms. The van der Waals surface area contributed by atoms with Gasteiger partial charge >= 0.3 is 0 Å². The summed E-state index contributed by atoms with van der Waals surface area (Å²) in [6.07, 6.45) is 2.09. The number of carbonyl (C=O) groups is 1. The molecule has 1 aliphatic carbocycles. The van der Waals surface area contributed by atoms with Crippen LogP contribution in [0, 0.1) is 19.8 Å². The average molecular weight is 237 g/mol. The Balaban J connectivity index is 1.96. The first-order chi connectivity index (χ1) is 7.93. The van der Waals surface area contributed by atoms with Crippen molar-refractivity contribution in [2.75, 3.05) is 0 Å². The van der Waals surface area contributed by atoms with Gasteiger partial charge in [-0.3, -0.25) is 4.79 Å². The first-order valence-corrected chi connectivity index (χ1v) is 5.92. The summed E-state index contributed by atoms with van der Waals surface area (Å²) in [6, 6.07) is 0. The molecule has 1 fully saturated rings. The molecular formula is C12H19N3O2. The van der Waals surface area contributed by atoms with Crippen LogP contribution in [0.5, 0.6) is 0 Å². The van der Waals surface area contributed by atoms with Gasteiger partial charge in [-0.25, -0.2) is 0 Å². The summed E-state index contributed by atoms with van der Waals surface area (Å²) in [6.45, 7) is 5.93. The van der Waals surface area contributed by atoms with Crippen molar-refractivity contribution >= 4 is 5.91 Å². The number of carbonyl (C=O) groups excluding carboxylic acids is 1. The van der Waals surface area contributed by atoms with Crippen LogP contribution in [-0.2, 0) is 11.3 Å². The fourth-order valence-corrected chi connectivity index (χ4v) is 1.98. The van der Waals surface area contributed by atoms with E-state index < -0.39 is 5.54 Å². The molecule has 0 radical (unpaired) electrons. The van der Waals surface area contributed by atoms with Crippen LogP contribution in [0.3, 0.4) is 0 Å². The highest BCUT2D eigenvalue weighted by Gasteiger charge is 2.43. The van der Waals surface area contributed by atoms with E-state index in [4.69, 9.17) is 10.3 Å². The minimum atomic E-state index is -0.751. The highest BCUT2D eigenvalue weighted by molar-refractivity contribution is 5.86. The number of nitrogens with two attached hydrogens (primary N) is 1. The van der Waals surface area contributed by atoms with E-state index in [0.717, 1.165) is 29.9 Å². The Bertz CT molecular complexity index is 413. The second-order valence-corrected chi connectivity index (χ2v) is 5.04. The van der Waals surface area contributed by atoms with Crippen LogP contribution < -0.4 is 11.1 Å². The molecule has 94 valence electrons. The van der Waals surface area contributed by atoms with E-state index >= 15 is 0 Å². The van der Waals surface area contributed by atoms with Gasteiger partial charge in [-0.05, 0) is 39.5 Å². The lowest BCUT2D eigenvalue weighted by Crippen LogP contribution is -2.53. The molecule has 0 spiro atoms. The van der Waals surface area contributed by atoms with Crippen molar-refractivity contribution < 1.29 is 9.32 Å². The number of amides is 1. The molecule has 3 N–H and O–H groups in total. The lowest BCUT2D eigenvalue weighted by Gasteiger charge is -2.23. The van der Waals surface area contributed by atoms with E-state index in [1.54, 1.807) is 6.92 Å². The van der Waals surface area contributed by atoms with Crippen LogP contribution in [0.4, 0.5) is 0 Å². The highest BCUT2D eigenvalue weighted by Crippen LogP contribution is 2.38. The summed E-state index contributed by atoms with van der Waals surface area (Å²) < 4.78 is 5.04. The van der Waals surface area contributed by atoms with Gasteiger partial charge in [-0.1, -0.05) is 5.16 Å². The van der Waals surface area contributed by atoms with E-state index in [9.17, 15) is 4.79 Å². The fraction of sp³-hybridized carbons (Fsp3) is 0.667. The normalized spacial score (nSPS) is 18.8. The molecule has 1 amide bonds. The molecule has 0 saturated heterocycles. The van der Waals surface area contributed by atoms with Crippen molar-refractivity contribution in [3.8, 4) is 0 Å². The topological polar surface area (TPSA) is 81.2 Å². The largest absolute Gasteiger partial charge is 0.361 e. The van der Waals surface area contributed by atoms with Gasteiger partial charge in [-0.15, -0.1) is 0 Å². The standard InChI is InChI=1S/C12H19N3O2/c1-7-10(8(2)17-15-7)6-14-11(16)12(3,13)9-4-5-9/h9H,4-6,13H2,1-3H3,(H,14,16). The van der Waals surface area contributed by atoms with E-state index in [-0.39, 0.29) is 5.91 Å². The number of rotatable bonds is 4. The number of aryl methyl sites for hydroxylation is 2. The number of hydrogen-bond acceptors (Lipinski definition) is 4. The van der Waals surface area contributed by atoms with E-state index in [1.165, 1.54) is 0 Å². The summed E-state index contributed by atoms with van der Waals surface area (Å²) in [5.41, 5.74) is 7.03. The maximum Gasteiger partial charge on any atom is 0.240 e. The van der Waals surface area contributed by atoms with E-state index in [2.05, 4.69) is 10.5 Å². The van der Waals surface area contributed by atoms with Crippen LogP contribution in [0.15, 0.2) is 4.52 Å². The number of nitrogens with zero attached hydrogens (tertiary/aromatic N) is 1. The van der Waals surface area contributed by atoms with Crippen molar-refractivity contribution in [3.05, 3.63) is 17.0 Å². The van der Waals surface area contributed by atoms with Gasteiger partial charge in [0.1, 0.15) is 5.76 Å². The molecule has 1 unspecified atom stereocenters. The lowest BCUT2D eigenvalue weighted by atomic mass is 9.96. The molecule has 1 aliphatic rings. The summed E-state index contributed by atoms with van der Waals surface area (Å²) >= 11 is 0. The fourth-order valence-electron chi connectivity index (χ4n) is 1.98. The van der Waals surface area contributed by atoms with Gasteiger partial charge < -0.3 is 15.6 Å². The molecule has 5 nitrogen and oxygen atoms in total. The van der Waals surface area contributed by atoms with Gasteiger partial charge in [0.25, 0.3) is 0 Å². The van der Waals surface area contributed by atoms with Crippen LogP contribution in [-0.4, -0.2) is 16.6 Å². The number of hydrogen-bond donors (Lipinski definition) is 2. The summed E-state index contributed by atoms with van der Waals surface area (Å²) in [7, 11) is 0. The van der Waals surface area contributed by atoms with Crippen LogP contribution >= 0.6 is 0 Å². The van der Waals surface area contributed by atoms with Crippen LogP contribution in [0.2, 0.25) is 0 Å². The van der Waals surface area contributed by atoms with E-state index in [1.807, 2.05) is 13.8 Å². The maximum atomic E-state index is 12.0. The molecule has 0 aromatic carbocycles. The molecule has 1 aromatic heterocycles. The predicted octanol–water partition coefficient (Wildman–Crippen LogP) is 1.04. The number of nitrogens with one attached hydrogen (secondary N) is 1. The lowest BCUT2D eigenvalue weighted by molar-refractivity contribution is -0.126. The number of aromatic nitrogens is 1. The molecule has 1 heterocycles. The van der Waals surface area contributed by atoms with Gasteiger partial charge in [-0.2, -0.15) is 0 Å². The molecule has 5 heteroatoms. The average Bonchev–Trinajstić information content (AvgIpc) is 3.06. The third kappa shape index (κ3) is 2.34. The molecule has 1 aromatic rings. The van der Waals surface area contributed by atoms with Crippen LogP contribution in [0.1, 0.15) is 36.8 Å². The van der Waals surface area contributed by atoms with Crippen molar-refractivity contribution in [1.82, 2.24) is 10.5 Å². The van der Waals surface area contributed by atoms with Crippen molar-refractivity contribution in [1.29, 1.82) is 0 Å². The molecule has 1 atom stereocenters. The van der Waals surface area contributed by atoms with Gasteiger partial charge in [0, 0.05) is 12.1 Å². The Labute approximate surface area is 101 Å². The molecule has 2 rings (SSSR count). The molecular weight excluding hydrogens is 218 g/mol. The minimum absolute atomic E-state index is 0.0972. The summed E-state index contributed by atoms with van der Waals surface area (Å²) in [5, 5.41) is 6.71. The Morgan fingerprint density at radius 2 is 2.24 bits per heavy atom. The predicted molar refractivity (Wildman–Crippen MR) is 63.1 cm³/mol. The Kier molecular flexibility index (Phi) is 2.95. The summed E-state index contributed by atoms with van der Waals surface area (Å²) in [4.78, 5) is 12.0. The Morgan fingerprint density at radius 1 is 1.59 bits per heavy atom. The monoisotopic (exact) mass is 237 g/mol. The third-order valence-electron chi connectivity index (χ3n) is 3.52. The van der Waals surface area contributed by atoms with Crippen LogP contribution in [0.25, 0.3) is 0 Å². The smallest absolute Gasteiger partial charge is 0.240 e. The molecule has 0 bridgehead atoms. The first-order valence-electron chi connectivity index (χ1n) is 5.92. The van der Waals surface area contributed by atoms with E-state index in [0.29, 0.717) is 12.5 Å². The maximum absolute atomic E-state index is 12.0. The zero-order valence-electron chi connectivity index (χ0n) is 10.5. The zero-order chi connectivity index (χ0) is 12.6. The second kappa shape index (κ2) is 4.14. The van der Waals surface area contributed by atoms with Crippen molar-refractivity contribution in [2.45, 2.75) is 45.7 Å². The van der Waals surface area contributed by atoms with Gasteiger partial charge in [0.15, 0.2) is 0 Å². The second-order valence-electron chi connectivity index (χ2n) is 5.04. The van der Waals surface area contributed by atoms with Gasteiger partial charge in [0.2, 0.25) is 5.91 Å². The van der Waals surface area contributed by atoms with Gasteiger partial charge in [0.05, 0.1) is 11.2 Å². The highest BCUT2D eigenvalue weighted by atomic mass is 16.5. The quantitative estimate of drug-likeness (QED) is 0.819. The molecule has 0 aliphatic heterocycles. The Hall–Kier alpha value is -1.36. The van der Waals surface area contributed by atoms with Crippen molar-refractivity contribution in [2.24, 2.45) is 11.7 Å².